The van der Waals surface area contributed by atoms with Gasteiger partial charge in [0, 0.05) is 23.4 Å². The van der Waals surface area contributed by atoms with Gasteiger partial charge in [-0.3, -0.25) is 0 Å². The lowest BCUT2D eigenvalue weighted by atomic mass is 9.95. The number of benzene rings is 4. The number of rotatable bonds is 0. The van der Waals surface area contributed by atoms with Gasteiger partial charge in [-0.1, -0.05) is 60.7 Å². The van der Waals surface area contributed by atoms with Gasteiger partial charge in [-0.05, 0) is 80.6 Å². The Kier molecular flexibility index (Phi) is 2.80. The molecule has 0 spiro atoms. The molecule has 0 fully saturated rings. The van der Waals surface area contributed by atoms with Gasteiger partial charge >= 0.3 is 0 Å². The monoisotopic (exact) mass is 393 g/mol. The van der Waals surface area contributed by atoms with Crippen LogP contribution in [0.15, 0.2) is 91.1 Å². The lowest BCUT2D eigenvalue weighted by Crippen LogP contribution is -1.95. The summed E-state index contributed by atoms with van der Waals surface area (Å²) in [7, 11) is 0. The maximum atomic E-state index is 2.46. The molecule has 0 bridgehead atoms. The molecule has 2 heterocycles. The minimum atomic E-state index is 1.01. The molecule has 0 N–H and O–H groups in total. The summed E-state index contributed by atoms with van der Waals surface area (Å²) in [5.74, 6) is 0. The van der Waals surface area contributed by atoms with Crippen molar-refractivity contribution < 1.29 is 0 Å². The smallest absolute Gasteiger partial charge is 0.0575 e. The summed E-state index contributed by atoms with van der Waals surface area (Å²) in [5.41, 5.74) is 14.1. The van der Waals surface area contributed by atoms with Gasteiger partial charge in [-0.2, -0.15) is 0 Å². The number of hydrogen-bond acceptors (Lipinski definition) is 0. The molecule has 0 atom stereocenters. The summed E-state index contributed by atoms with van der Waals surface area (Å²) in [6.45, 7) is 0. The van der Waals surface area contributed by atoms with E-state index in [9.17, 15) is 0 Å². The molecule has 4 aromatic carbocycles. The van der Waals surface area contributed by atoms with Crippen LogP contribution < -0.4 is 0 Å². The summed E-state index contributed by atoms with van der Waals surface area (Å²) in [5, 5.41) is 4.09. The molecule has 31 heavy (non-hydrogen) atoms. The van der Waals surface area contributed by atoms with Gasteiger partial charge < -0.3 is 4.40 Å². The van der Waals surface area contributed by atoms with Crippen LogP contribution in [0.3, 0.4) is 0 Å². The van der Waals surface area contributed by atoms with E-state index in [4.69, 9.17) is 0 Å². The van der Waals surface area contributed by atoms with Crippen LogP contribution in [0.4, 0.5) is 0 Å². The number of nitrogens with zero attached hydrogens (tertiary/aromatic N) is 1. The summed E-state index contributed by atoms with van der Waals surface area (Å²) >= 11 is 0. The molecular formula is C30H19N. The first-order valence-electron chi connectivity index (χ1n) is 11.0. The van der Waals surface area contributed by atoms with Crippen molar-refractivity contribution in [3.63, 3.8) is 0 Å². The molecule has 0 aliphatic heterocycles. The van der Waals surface area contributed by atoms with E-state index >= 15 is 0 Å². The Morgan fingerprint density at radius 1 is 0.516 bits per heavy atom. The molecule has 8 rings (SSSR count). The molecule has 0 radical (unpaired) electrons. The molecule has 2 aliphatic rings. The van der Waals surface area contributed by atoms with E-state index in [0.717, 1.165) is 12.8 Å². The van der Waals surface area contributed by atoms with Crippen molar-refractivity contribution in [1.29, 1.82) is 0 Å². The van der Waals surface area contributed by atoms with Crippen molar-refractivity contribution in [2.75, 3.05) is 0 Å². The number of aromatic nitrogens is 1. The summed E-state index contributed by atoms with van der Waals surface area (Å²) in [4.78, 5) is 0. The first kappa shape index (κ1) is 15.9. The second-order valence-corrected chi connectivity index (χ2v) is 8.97. The van der Waals surface area contributed by atoms with Crippen LogP contribution in [-0.2, 0) is 12.8 Å². The third kappa shape index (κ3) is 1.92. The van der Waals surface area contributed by atoms with Crippen LogP contribution in [0.1, 0.15) is 22.3 Å². The Morgan fingerprint density at radius 3 is 2.16 bits per heavy atom. The third-order valence-corrected chi connectivity index (χ3v) is 7.45. The van der Waals surface area contributed by atoms with Crippen LogP contribution in [0.5, 0.6) is 0 Å². The molecule has 2 aliphatic carbocycles. The van der Waals surface area contributed by atoms with Gasteiger partial charge in [-0.25, -0.2) is 0 Å². The minimum absolute atomic E-state index is 1.01. The molecule has 0 saturated carbocycles. The molecule has 0 amide bonds. The van der Waals surface area contributed by atoms with Crippen LogP contribution in [0.25, 0.3) is 49.4 Å². The standard InChI is InChI=1S/C30H19N/c1-4-9-22-18(6-1)14-20-16-27-26(17-25(20)22)24-12-11-23-21-8-3-2-7-19(21)15-28(23)30(24)31-13-5-10-29(27)31/h1-13,16-17H,14-15H2. The number of hydrogen-bond donors (Lipinski definition) is 0. The molecule has 0 unspecified atom stereocenters. The predicted octanol–water partition coefficient (Wildman–Crippen LogP) is 7.39. The van der Waals surface area contributed by atoms with E-state index < -0.39 is 0 Å². The van der Waals surface area contributed by atoms with Crippen molar-refractivity contribution in [1.82, 2.24) is 4.40 Å². The maximum absolute atomic E-state index is 2.46. The number of pyridine rings is 1. The zero-order valence-corrected chi connectivity index (χ0v) is 17.0. The van der Waals surface area contributed by atoms with E-state index in [2.05, 4.69) is 95.5 Å². The normalized spacial score (nSPS) is 13.5. The zero-order valence-electron chi connectivity index (χ0n) is 17.0. The highest BCUT2D eigenvalue weighted by atomic mass is 14.9. The SMILES string of the molecule is c1ccc2c(c1)Cc1cc3c(cc1-2)c1ccc2c(c1n1cccc31)Cc1ccccc1-2. The molecule has 6 aromatic rings. The molecular weight excluding hydrogens is 374 g/mol. The fourth-order valence-corrected chi connectivity index (χ4v) is 6.10. The largest absolute Gasteiger partial charge is 0.316 e. The second kappa shape index (κ2) is 5.44. The lowest BCUT2D eigenvalue weighted by Gasteiger charge is -2.15. The lowest BCUT2D eigenvalue weighted by molar-refractivity contribution is 1.21. The molecule has 144 valence electrons. The molecule has 2 aromatic heterocycles. The van der Waals surface area contributed by atoms with E-state index in [-0.39, 0.29) is 0 Å². The fraction of sp³-hybridized carbons (Fsp3) is 0.0667. The highest BCUT2D eigenvalue weighted by Crippen LogP contribution is 2.45. The Hall–Kier alpha value is -3.84. The third-order valence-electron chi connectivity index (χ3n) is 7.45. The van der Waals surface area contributed by atoms with Crippen molar-refractivity contribution in [2.45, 2.75) is 12.8 Å². The Balaban J connectivity index is 1.54. The highest BCUT2D eigenvalue weighted by molar-refractivity contribution is 6.16. The van der Waals surface area contributed by atoms with Crippen LogP contribution in [0, 0.1) is 0 Å². The Bertz CT molecular complexity index is 1730. The van der Waals surface area contributed by atoms with Crippen molar-refractivity contribution in [2.24, 2.45) is 0 Å². The maximum Gasteiger partial charge on any atom is 0.0575 e. The summed E-state index contributed by atoms with van der Waals surface area (Å²) < 4.78 is 2.43. The van der Waals surface area contributed by atoms with Gasteiger partial charge in [0.1, 0.15) is 0 Å². The van der Waals surface area contributed by atoms with Crippen molar-refractivity contribution >= 4 is 27.2 Å². The quantitative estimate of drug-likeness (QED) is 0.237. The summed E-state index contributed by atoms with van der Waals surface area (Å²) in [6, 6.07) is 31.8. The van der Waals surface area contributed by atoms with Gasteiger partial charge in [0.05, 0.1) is 11.0 Å². The molecule has 1 nitrogen and oxygen atoms in total. The van der Waals surface area contributed by atoms with E-state index in [1.165, 1.54) is 71.7 Å². The Labute approximate surface area is 180 Å². The molecule has 1 heteroatoms. The van der Waals surface area contributed by atoms with E-state index in [1.807, 2.05) is 0 Å². The highest BCUT2D eigenvalue weighted by Gasteiger charge is 2.24. The van der Waals surface area contributed by atoms with Crippen molar-refractivity contribution in [3.8, 4) is 22.3 Å². The molecule has 0 saturated heterocycles. The zero-order chi connectivity index (χ0) is 20.1. The average Bonchev–Trinajstić information content (AvgIpc) is 3.52. The topological polar surface area (TPSA) is 4.41 Å². The van der Waals surface area contributed by atoms with Crippen LogP contribution in [-0.4, -0.2) is 4.40 Å². The minimum Gasteiger partial charge on any atom is -0.316 e. The second-order valence-electron chi connectivity index (χ2n) is 8.97. The van der Waals surface area contributed by atoms with Gasteiger partial charge in [0.15, 0.2) is 0 Å². The van der Waals surface area contributed by atoms with Crippen LogP contribution >= 0.6 is 0 Å². The number of fused-ring (bicyclic) bond motifs is 13. The summed E-state index contributed by atoms with van der Waals surface area (Å²) in [6.07, 6.45) is 4.28. The van der Waals surface area contributed by atoms with E-state index in [1.54, 1.807) is 0 Å². The Morgan fingerprint density at radius 2 is 1.29 bits per heavy atom. The predicted molar refractivity (Wildman–Crippen MR) is 129 cm³/mol. The first-order chi connectivity index (χ1) is 15.4. The van der Waals surface area contributed by atoms with Crippen molar-refractivity contribution in [3.05, 3.63) is 113 Å². The fourth-order valence-electron chi connectivity index (χ4n) is 6.10. The van der Waals surface area contributed by atoms with Crippen LogP contribution in [0.2, 0.25) is 0 Å². The van der Waals surface area contributed by atoms with E-state index in [0.29, 0.717) is 0 Å². The van der Waals surface area contributed by atoms with Gasteiger partial charge in [0.2, 0.25) is 0 Å². The average molecular weight is 393 g/mol. The first-order valence-corrected chi connectivity index (χ1v) is 11.0. The van der Waals surface area contributed by atoms with Gasteiger partial charge in [0.25, 0.3) is 0 Å². The van der Waals surface area contributed by atoms with Gasteiger partial charge in [-0.15, -0.1) is 0 Å².